The molecular weight excluding hydrogens is 620 g/mol. The van der Waals surface area contributed by atoms with Crippen LogP contribution in [0, 0.1) is 17.0 Å². The molecule has 0 aromatic heterocycles. The van der Waals surface area contributed by atoms with Crippen LogP contribution < -0.4 is 16.0 Å². The van der Waals surface area contributed by atoms with Crippen molar-refractivity contribution in [2.24, 2.45) is 0 Å². The third-order valence-corrected chi connectivity index (χ3v) is 7.39. The third-order valence-electron chi connectivity index (χ3n) is 5.87. The lowest BCUT2D eigenvalue weighted by Gasteiger charge is -2.12. The number of carbonyl (C=O) groups is 3. The average Bonchev–Trinajstić information content (AvgIpc) is 2.98. The molecule has 11 heteroatoms. The second-order valence-corrected chi connectivity index (χ2v) is 11.0. The number of halogens is 1. The van der Waals surface area contributed by atoms with Gasteiger partial charge in [0.25, 0.3) is 17.5 Å². The lowest BCUT2D eigenvalue weighted by molar-refractivity contribution is -0.384. The summed E-state index contributed by atoms with van der Waals surface area (Å²) in [5, 5.41) is 19.2. The number of benzene rings is 4. The Hall–Kier alpha value is -4.74. The Morgan fingerprint density at radius 2 is 1.64 bits per heavy atom. The van der Waals surface area contributed by atoms with Crippen molar-refractivity contribution in [2.75, 3.05) is 16.4 Å². The molecule has 0 bridgehead atoms. The molecule has 4 aromatic carbocycles. The van der Waals surface area contributed by atoms with Crippen molar-refractivity contribution in [2.45, 2.75) is 11.8 Å². The number of nitro groups is 1. The number of carbonyl (C=O) groups excluding carboxylic acids is 3. The highest BCUT2D eigenvalue weighted by atomic mass is 79.9. The van der Waals surface area contributed by atoms with Gasteiger partial charge in [-0.2, -0.15) is 0 Å². The van der Waals surface area contributed by atoms with Gasteiger partial charge in [0.15, 0.2) is 0 Å². The zero-order chi connectivity index (χ0) is 30.1. The summed E-state index contributed by atoms with van der Waals surface area (Å²) in [5.41, 5.74) is 2.69. The van der Waals surface area contributed by atoms with Gasteiger partial charge < -0.3 is 16.0 Å². The Bertz CT molecular complexity index is 1660. The summed E-state index contributed by atoms with van der Waals surface area (Å²) in [4.78, 5) is 49.9. The Balaban J connectivity index is 1.43. The SMILES string of the molecule is Cc1cc([N+](=O)[O-])ccc1NC(=O)CSc1cccc(NC(=O)/C(=C/c2ccc(Br)cc2)NC(=O)c2ccccc2)c1. The number of nitro benzene ring substituents is 1. The first-order valence-electron chi connectivity index (χ1n) is 12.6. The molecule has 3 N–H and O–H groups in total. The number of hydrogen-bond acceptors (Lipinski definition) is 6. The normalized spacial score (nSPS) is 11.0. The maximum absolute atomic E-state index is 13.3. The minimum Gasteiger partial charge on any atom is -0.325 e. The number of thioether (sulfide) groups is 1. The monoisotopic (exact) mass is 644 g/mol. The zero-order valence-electron chi connectivity index (χ0n) is 22.3. The number of anilines is 2. The average molecular weight is 646 g/mol. The fourth-order valence-corrected chi connectivity index (χ4v) is 4.79. The summed E-state index contributed by atoms with van der Waals surface area (Å²) in [7, 11) is 0. The Morgan fingerprint density at radius 3 is 2.33 bits per heavy atom. The summed E-state index contributed by atoms with van der Waals surface area (Å²) in [6.45, 7) is 1.68. The number of nitrogens with zero attached hydrogens (tertiary/aromatic N) is 1. The molecule has 0 aliphatic rings. The van der Waals surface area contributed by atoms with Crippen molar-refractivity contribution in [3.05, 3.63) is 134 Å². The molecule has 0 aliphatic carbocycles. The van der Waals surface area contributed by atoms with Crippen molar-refractivity contribution in [3.8, 4) is 0 Å². The predicted molar refractivity (Wildman–Crippen MR) is 168 cm³/mol. The second-order valence-electron chi connectivity index (χ2n) is 9.00. The van der Waals surface area contributed by atoms with E-state index in [2.05, 4.69) is 31.9 Å². The van der Waals surface area contributed by atoms with E-state index in [-0.39, 0.29) is 23.0 Å². The van der Waals surface area contributed by atoms with Crippen LogP contribution in [0.3, 0.4) is 0 Å². The lowest BCUT2D eigenvalue weighted by Crippen LogP contribution is -2.30. The number of non-ortho nitro benzene ring substituents is 1. The number of amides is 3. The molecule has 0 radical (unpaired) electrons. The molecule has 9 nitrogen and oxygen atoms in total. The Kier molecular flexibility index (Phi) is 10.2. The molecule has 0 saturated heterocycles. The van der Waals surface area contributed by atoms with Crippen molar-refractivity contribution in [1.82, 2.24) is 5.32 Å². The van der Waals surface area contributed by atoms with Crippen molar-refractivity contribution >= 4 is 68.6 Å². The van der Waals surface area contributed by atoms with Crippen LogP contribution in [0.4, 0.5) is 17.1 Å². The first-order valence-corrected chi connectivity index (χ1v) is 14.4. The van der Waals surface area contributed by atoms with E-state index in [0.717, 1.165) is 14.9 Å². The highest BCUT2D eigenvalue weighted by Crippen LogP contribution is 2.24. The van der Waals surface area contributed by atoms with Crippen molar-refractivity contribution in [3.63, 3.8) is 0 Å². The molecule has 0 saturated carbocycles. The van der Waals surface area contributed by atoms with E-state index < -0.39 is 16.7 Å². The second kappa shape index (κ2) is 14.2. The van der Waals surface area contributed by atoms with Crippen LogP contribution in [-0.2, 0) is 9.59 Å². The van der Waals surface area contributed by atoms with Gasteiger partial charge in [-0.05, 0) is 72.7 Å². The largest absolute Gasteiger partial charge is 0.325 e. The van der Waals surface area contributed by atoms with Crippen LogP contribution in [-0.4, -0.2) is 28.4 Å². The van der Waals surface area contributed by atoms with E-state index in [1.807, 2.05) is 24.3 Å². The van der Waals surface area contributed by atoms with Gasteiger partial charge in [-0.15, -0.1) is 11.8 Å². The van der Waals surface area contributed by atoms with E-state index in [4.69, 9.17) is 0 Å². The van der Waals surface area contributed by atoms with Crippen molar-refractivity contribution in [1.29, 1.82) is 0 Å². The standard InChI is InChI=1S/C31H25BrN4O5S/c1-20-16-25(36(40)41)14-15-27(20)34-29(37)19-42-26-9-5-8-24(18-26)33-31(39)28(17-21-10-12-23(32)13-11-21)35-30(38)22-6-3-2-4-7-22/h2-18H,19H2,1H3,(H,33,39)(H,34,37)(H,35,38)/b28-17-. The summed E-state index contributed by atoms with van der Waals surface area (Å²) in [5.74, 6) is -1.14. The van der Waals surface area contributed by atoms with E-state index in [9.17, 15) is 24.5 Å². The fraction of sp³-hybridized carbons (Fsp3) is 0.0645. The molecule has 212 valence electrons. The van der Waals surface area contributed by atoms with E-state index >= 15 is 0 Å². The number of nitrogens with one attached hydrogen (secondary N) is 3. The molecule has 0 fully saturated rings. The van der Waals surface area contributed by atoms with Gasteiger partial charge in [0.05, 0.1) is 10.7 Å². The smallest absolute Gasteiger partial charge is 0.272 e. The topological polar surface area (TPSA) is 130 Å². The molecule has 0 unspecified atom stereocenters. The summed E-state index contributed by atoms with van der Waals surface area (Å²) >= 11 is 4.65. The highest BCUT2D eigenvalue weighted by Gasteiger charge is 2.16. The van der Waals surface area contributed by atoms with Crippen LogP contribution in [0.2, 0.25) is 0 Å². The van der Waals surface area contributed by atoms with Crippen LogP contribution in [0.25, 0.3) is 6.08 Å². The maximum Gasteiger partial charge on any atom is 0.272 e. The number of hydrogen-bond donors (Lipinski definition) is 3. The van der Waals surface area contributed by atoms with Gasteiger partial charge >= 0.3 is 0 Å². The Labute approximate surface area is 254 Å². The minimum atomic E-state index is -0.518. The molecule has 3 amide bonds. The molecular formula is C31H25BrN4O5S. The van der Waals surface area contributed by atoms with Crippen LogP contribution in [0.1, 0.15) is 21.5 Å². The third kappa shape index (κ3) is 8.63. The van der Waals surface area contributed by atoms with Crippen LogP contribution in [0.5, 0.6) is 0 Å². The van der Waals surface area contributed by atoms with Gasteiger partial charge in [0.2, 0.25) is 5.91 Å². The summed E-state index contributed by atoms with van der Waals surface area (Å²) in [6.07, 6.45) is 1.59. The number of rotatable bonds is 10. The van der Waals surface area contributed by atoms with Gasteiger partial charge in [-0.3, -0.25) is 24.5 Å². The lowest BCUT2D eigenvalue weighted by atomic mass is 10.1. The fourth-order valence-electron chi connectivity index (χ4n) is 3.77. The molecule has 4 aromatic rings. The summed E-state index contributed by atoms with van der Waals surface area (Å²) in [6, 6.07) is 27.1. The minimum absolute atomic E-state index is 0.0480. The van der Waals surface area contributed by atoms with Gasteiger partial charge in [-0.25, -0.2) is 0 Å². The zero-order valence-corrected chi connectivity index (χ0v) is 24.7. The van der Waals surface area contributed by atoms with E-state index in [0.29, 0.717) is 22.5 Å². The molecule has 0 heterocycles. The van der Waals surface area contributed by atoms with E-state index in [1.165, 1.54) is 30.0 Å². The maximum atomic E-state index is 13.3. The molecule has 0 spiro atoms. The molecule has 42 heavy (non-hydrogen) atoms. The Morgan fingerprint density at radius 1 is 0.905 bits per heavy atom. The number of aryl methyl sites for hydroxylation is 1. The van der Waals surface area contributed by atoms with Crippen LogP contribution in [0.15, 0.2) is 112 Å². The van der Waals surface area contributed by atoms with Gasteiger partial charge in [-0.1, -0.05) is 52.3 Å². The highest BCUT2D eigenvalue weighted by molar-refractivity contribution is 9.10. The summed E-state index contributed by atoms with van der Waals surface area (Å²) < 4.78 is 0.879. The molecule has 0 atom stereocenters. The predicted octanol–water partition coefficient (Wildman–Crippen LogP) is 6.81. The van der Waals surface area contributed by atoms with Gasteiger partial charge in [0.1, 0.15) is 5.70 Å². The quantitative estimate of drug-likeness (QED) is 0.0753. The van der Waals surface area contributed by atoms with E-state index in [1.54, 1.807) is 67.6 Å². The first-order chi connectivity index (χ1) is 20.2. The first kappa shape index (κ1) is 30.2. The van der Waals surface area contributed by atoms with Gasteiger partial charge in [0, 0.05) is 38.4 Å². The van der Waals surface area contributed by atoms with Crippen molar-refractivity contribution < 1.29 is 19.3 Å². The molecule has 4 rings (SSSR count). The van der Waals surface area contributed by atoms with Crippen LogP contribution >= 0.6 is 27.7 Å². The molecule has 0 aliphatic heterocycles.